The van der Waals surface area contributed by atoms with Crippen molar-refractivity contribution < 1.29 is 24.2 Å². The molecule has 0 saturated heterocycles. The van der Waals surface area contributed by atoms with E-state index in [0.717, 1.165) is 23.2 Å². The summed E-state index contributed by atoms with van der Waals surface area (Å²) in [5.74, 6) is -1.22. The van der Waals surface area contributed by atoms with Crippen molar-refractivity contribution in [2.75, 3.05) is 24.5 Å². The number of methoxy groups -OCH3 is 1. The van der Waals surface area contributed by atoms with Crippen LogP contribution in [0.15, 0.2) is 41.5 Å². The van der Waals surface area contributed by atoms with Crippen LogP contribution < -0.4 is 10.2 Å². The molecule has 1 aromatic heterocycles. The topological polar surface area (TPSA) is 121 Å². The summed E-state index contributed by atoms with van der Waals surface area (Å²) >= 11 is 5.76. The first-order valence-corrected chi connectivity index (χ1v) is 13.0. The standard InChI is InChI=1S/C15H22ClNO2.C13H15N3O3/c1-5-13-8-6-7-11(2)15(13)17(14(18)9-16)12(3)10-19-4;1-7(2)13(3)12(19)15-10(16-13)9-8(11(17)18)5-4-6-14-9/h6-8,12H,5,9-10H2,1-4H3;4-7H,1-3H3,(H,17,18)(H,15,16,19). The van der Waals surface area contributed by atoms with Crippen LogP contribution in [-0.2, 0) is 20.7 Å². The Balaban J connectivity index is 0.000000267. The first-order valence-electron chi connectivity index (χ1n) is 12.5. The zero-order valence-electron chi connectivity index (χ0n) is 23.0. The third-order valence-electron chi connectivity index (χ3n) is 6.60. The molecule has 0 aliphatic carbocycles. The number of rotatable bonds is 9. The fourth-order valence-corrected chi connectivity index (χ4v) is 4.26. The molecule has 2 unspecified atom stereocenters. The number of benzene rings is 1. The number of carbonyl (C=O) groups is 3. The second-order valence-electron chi connectivity index (χ2n) is 9.56. The second kappa shape index (κ2) is 13.5. The molecule has 9 nitrogen and oxygen atoms in total. The normalized spacial score (nSPS) is 17.3. The number of alkyl halides is 1. The van der Waals surface area contributed by atoms with Crippen LogP contribution in [0.4, 0.5) is 5.69 Å². The van der Waals surface area contributed by atoms with Crippen molar-refractivity contribution in [1.82, 2.24) is 10.3 Å². The minimum absolute atomic E-state index is 0.00184. The fourth-order valence-electron chi connectivity index (χ4n) is 4.14. The Morgan fingerprint density at radius 3 is 2.42 bits per heavy atom. The summed E-state index contributed by atoms with van der Waals surface area (Å²) in [5.41, 5.74) is 2.53. The molecule has 1 aliphatic heterocycles. The van der Waals surface area contributed by atoms with Crippen LogP contribution in [0.3, 0.4) is 0 Å². The quantitative estimate of drug-likeness (QED) is 0.455. The number of pyridine rings is 1. The Morgan fingerprint density at radius 2 is 1.89 bits per heavy atom. The van der Waals surface area contributed by atoms with Crippen LogP contribution in [-0.4, -0.2) is 64.9 Å². The van der Waals surface area contributed by atoms with Gasteiger partial charge in [0.25, 0.3) is 5.91 Å². The van der Waals surface area contributed by atoms with Crippen LogP contribution in [0.25, 0.3) is 0 Å². The molecule has 3 rings (SSSR count). The van der Waals surface area contributed by atoms with Crippen molar-refractivity contribution in [3.8, 4) is 0 Å². The third-order valence-corrected chi connectivity index (χ3v) is 6.83. The lowest BCUT2D eigenvalue weighted by molar-refractivity contribution is -0.124. The molecule has 206 valence electrons. The Hall–Kier alpha value is -3.30. The number of carboxylic acids is 1. The number of carboxylic acid groups (broad SMARTS) is 1. The predicted molar refractivity (Wildman–Crippen MR) is 149 cm³/mol. The van der Waals surface area contributed by atoms with Crippen molar-refractivity contribution in [3.05, 3.63) is 58.9 Å². The number of ether oxygens (including phenoxy) is 1. The molecule has 2 N–H and O–H groups in total. The second-order valence-corrected chi connectivity index (χ2v) is 9.83. The molecule has 2 aromatic rings. The van der Waals surface area contributed by atoms with Gasteiger partial charge in [-0.2, -0.15) is 0 Å². The summed E-state index contributed by atoms with van der Waals surface area (Å²) in [6.07, 6.45) is 2.35. The number of aromatic nitrogens is 1. The fraction of sp³-hybridized carbons (Fsp3) is 0.464. The highest BCUT2D eigenvalue weighted by atomic mass is 35.5. The zero-order valence-corrected chi connectivity index (χ0v) is 23.8. The van der Waals surface area contributed by atoms with Gasteiger partial charge in [0.1, 0.15) is 17.1 Å². The number of carbonyl (C=O) groups excluding carboxylic acids is 2. The molecule has 0 saturated carbocycles. The molecule has 38 heavy (non-hydrogen) atoms. The van der Waals surface area contributed by atoms with Gasteiger partial charge in [-0.15, -0.1) is 11.6 Å². The van der Waals surface area contributed by atoms with E-state index in [1.807, 2.05) is 39.8 Å². The maximum Gasteiger partial charge on any atom is 0.338 e. The summed E-state index contributed by atoms with van der Waals surface area (Å²) in [7, 11) is 1.64. The molecule has 0 radical (unpaired) electrons. The molecule has 2 amide bonds. The number of aliphatic imine (C=N–C) groups is 1. The number of hydrogen-bond donors (Lipinski definition) is 2. The van der Waals surface area contributed by atoms with Gasteiger partial charge in [-0.3, -0.25) is 14.6 Å². The molecule has 1 aromatic carbocycles. The lowest BCUT2D eigenvalue weighted by atomic mass is 9.89. The summed E-state index contributed by atoms with van der Waals surface area (Å²) in [5, 5.41) is 11.7. The van der Waals surface area contributed by atoms with Gasteiger partial charge in [0, 0.05) is 13.3 Å². The van der Waals surface area contributed by atoms with E-state index in [2.05, 4.69) is 28.3 Å². The van der Waals surface area contributed by atoms with Crippen molar-refractivity contribution in [3.63, 3.8) is 0 Å². The van der Waals surface area contributed by atoms with Gasteiger partial charge >= 0.3 is 5.97 Å². The first-order chi connectivity index (χ1) is 17.9. The van der Waals surface area contributed by atoms with Gasteiger partial charge in [0.2, 0.25) is 5.91 Å². The molecular weight excluding hydrogens is 508 g/mol. The van der Waals surface area contributed by atoms with E-state index in [1.165, 1.54) is 18.3 Å². The summed E-state index contributed by atoms with van der Waals surface area (Å²) in [6.45, 7) is 12.1. The lowest BCUT2D eigenvalue weighted by Crippen LogP contribution is -2.43. The largest absolute Gasteiger partial charge is 0.478 e. The number of amides is 2. The third kappa shape index (κ3) is 6.76. The van der Waals surface area contributed by atoms with Crippen LogP contribution >= 0.6 is 11.6 Å². The van der Waals surface area contributed by atoms with Gasteiger partial charge < -0.3 is 20.1 Å². The maximum absolute atomic E-state index is 12.2. The lowest BCUT2D eigenvalue weighted by Gasteiger charge is -2.31. The van der Waals surface area contributed by atoms with E-state index in [4.69, 9.17) is 21.4 Å². The van der Waals surface area contributed by atoms with Crippen molar-refractivity contribution in [1.29, 1.82) is 0 Å². The highest BCUT2D eigenvalue weighted by Crippen LogP contribution is 2.29. The molecule has 0 bridgehead atoms. The number of nitrogens with one attached hydrogen (secondary N) is 1. The average molecular weight is 545 g/mol. The first kappa shape index (κ1) is 30.9. The van der Waals surface area contributed by atoms with E-state index in [1.54, 1.807) is 18.9 Å². The number of aromatic carboxylic acids is 1. The molecular formula is C28H37ClN4O5. The number of anilines is 1. The summed E-state index contributed by atoms with van der Waals surface area (Å²) in [4.78, 5) is 45.5. The molecule has 1 aliphatic rings. The molecule has 0 spiro atoms. The predicted octanol–water partition coefficient (Wildman–Crippen LogP) is 4.24. The van der Waals surface area contributed by atoms with Gasteiger partial charge in [-0.05, 0) is 56.4 Å². The zero-order chi connectivity index (χ0) is 28.6. The minimum Gasteiger partial charge on any atom is -0.478 e. The SMILES string of the molecule is CC(C)C1(C)N=C(c2ncccc2C(=O)O)NC1=O.CCc1cccc(C)c1N(C(=O)CCl)C(C)COC. The molecule has 2 heterocycles. The average Bonchev–Trinajstić information content (AvgIpc) is 3.20. The van der Waals surface area contributed by atoms with Gasteiger partial charge in [-0.1, -0.05) is 39.0 Å². The Kier molecular flexibility index (Phi) is 11.0. The van der Waals surface area contributed by atoms with Crippen molar-refractivity contribution in [2.24, 2.45) is 10.9 Å². The van der Waals surface area contributed by atoms with Gasteiger partial charge in [0.05, 0.1) is 23.9 Å². The highest BCUT2D eigenvalue weighted by molar-refractivity contribution is 6.29. The minimum atomic E-state index is -1.10. The van der Waals surface area contributed by atoms with Crippen molar-refractivity contribution in [2.45, 2.75) is 59.5 Å². The number of nitrogens with zero attached hydrogens (tertiary/aromatic N) is 3. The van der Waals surface area contributed by atoms with Crippen LogP contribution in [0.1, 0.15) is 61.8 Å². The number of para-hydroxylation sites is 1. The monoisotopic (exact) mass is 544 g/mol. The number of hydrogen-bond acceptors (Lipinski definition) is 6. The van der Waals surface area contributed by atoms with Crippen LogP contribution in [0.2, 0.25) is 0 Å². The van der Waals surface area contributed by atoms with E-state index >= 15 is 0 Å². The molecule has 2 atom stereocenters. The van der Waals surface area contributed by atoms with Crippen LogP contribution in [0, 0.1) is 12.8 Å². The smallest absolute Gasteiger partial charge is 0.338 e. The molecule has 0 fully saturated rings. The summed E-state index contributed by atoms with van der Waals surface area (Å²) in [6, 6.07) is 9.01. The Bertz CT molecular complexity index is 1200. The summed E-state index contributed by atoms with van der Waals surface area (Å²) < 4.78 is 5.18. The van der Waals surface area contributed by atoms with Gasteiger partial charge in [-0.25, -0.2) is 9.79 Å². The Morgan fingerprint density at radius 1 is 1.21 bits per heavy atom. The van der Waals surface area contributed by atoms with Crippen LogP contribution in [0.5, 0.6) is 0 Å². The number of amidine groups is 1. The Labute approximate surface area is 229 Å². The van der Waals surface area contributed by atoms with E-state index in [-0.39, 0.29) is 46.7 Å². The number of halogens is 1. The van der Waals surface area contributed by atoms with E-state index in [9.17, 15) is 14.4 Å². The highest BCUT2D eigenvalue weighted by Gasteiger charge is 2.43. The number of aryl methyl sites for hydroxylation is 2. The van der Waals surface area contributed by atoms with E-state index in [0.29, 0.717) is 6.61 Å². The van der Waals surface area contributed by atoms with E-state index < -0.39 is 11.5 Å². The maximum atomic E-state index is 12.2. The van der Waals surface area contributed by atoms with Crippen molar-refractivity contribution >= 4 is 40.9 Å². The van der Waals surface area contributed by atoms with Gasteiger partial charge in [0.15, 0.2) is 5.84 Å². The molecule has 10 heteroatoms.